The van der Waals surface area contributed by atoms with E-state index in [1.54, 1.807) is 35.4 Å². The SMILES string of the molecule is CCc1c(N2CCN(C(=O)c3ncnc(C)c3O)[C@@]3(C)CC[C@H]23)c(=O)c2nc(N(C)C)cnc2n1CC(=O)Nc1ccc(C(F)(F)F)cc1. The third kappa shape index (κ3) is 5.78. The number of benzene rings is 1. The number of carbonyl (C=O) groups is 2. The summed E-state index contributed by atoms with van der Waals surface area (Å²) in [6.07, 6.45) is -0.118. The van der Waals surface area contributed by atoms with E-state index >= 15 is 0 Å². The first-order valence-electron chi connectivity index (χ1n) is 15.8. The van der Waals surface area contributed by atoms with Crippen molar-refractivity contribution in [2.75, 3.05) is 42.3 Å². The number of anilines is 3. The summed E-state index contributed by atoms with van der Waals surface area (Å²) in [5.74, 6) is -0.801. The van der Waals surface area contributed by atoms with Crippen LogP contribution in [0.2, 0.25) is 0 Å². The second kappa shape index (κ2) is 12.3. The molecule has 1 aliphatic heterocycles. The van der Waals surface area contributed by atoms with Crippen LogP contribution in [0.15, 0.2) is 41.6 Å². The van der Waals surface area contributed by atoms with Crippen LogP contribution in [0.4, 0.5) is 30.4 Å². The summed E-state index contributed by atoms with van der Waals surface area (Å²) in [6.45, 7) is 5.61. The van der Waals surface area contributed by atoms with Crippen molar-refractivity contribution in [3.8, 4) is 5.75 Å². The molecular formula is C33H36F3N9O4. The number of halogens is 3. The van der Waals surface area contributed by atoms with Crippen molar-refractivity contribution < 1.29 is 27.9 Å². The van der Waals surface area contributed by atoms with Crippen LogP contribution in [0.5, 0.6) is 5.75 Å². The molecule has 1 aliphatic carbocycles. The van der Waals surface area contributed by atoms with Crippen LogP contribution in [0.1, 0.15) is 54.1 Å². The molecule has 258 valence electrons. The quantitative estimate of drug-likeness (QED) is 0.296. The monoisotopic (exact) mass is 679 g/mol. The molecule has 3 aromatic heterocycles. The Kier molecular flexibility index (Phi) is 8.44. The summed E-state index contributed by atoms with van der Waals surface area (Å²) in [4.78, 5) is 64.2. The maximum atomic E-state index is 14.4. The number of alkyl halides is 3. The molecule has 49 heavy (non-hydrogen) atoms. The first kappa shape index (κ1) is 33.6. The Morgan fingerprint density at radius 1 is 1.12 bits per heavy atom. The zero-order chi connectivity index (χ0) is 35.4. The summed E-state index contributed by atoms with van der Waals surface area (Å²) in [5.41, 5.74) is -0.376. The van der Waals surface area contributed by atoms with E-state index in [0.29, 0.717) is 36.5 Å². The minimum absolute atomic E-state index is 0.0571. The number of rotatable bonds is 7. The molecule has 4 heterocycles. The normalized spacial score (nSPS) is 19.0. The van der Waals surface area contributed by atoms with E-state index in [4.69, 9.17) is 0 Å². The lowest BCUT2D eigenvalue weighted by molar-refractivity contribution is -0.137. The summed E-state index contributed by atoms with van der Waals surface area (Å²) in [6, 6.07) is 3.87. The Labute approximate surface area is 279 Å². The predicted molar refractivity (Wildman–Crippen MR) is 176 cm³/mol. The summed E-state index contributed by atoms with van der Waals surface area (Å²) >= 11 is 0. The number of nitrogens with zero attached hydrogens (tertiary/aromatic N) is 8. The lowest BCUT2D eigenvalue weighted by Gasteiger charge is -2.61. The van der Waals surface area contributed by atoms with Crippen LogP contribution in [-0.4, -0.2) is 85.1 Å². The minimum Gasteiger partial charge on any atom is -0.504 e. The van der Waals surface area contributed by atoms with Crippen molar-refractivity contribution in [3.05, 3.63) is 69.7 Å². The first-order chi connectivity index (χ1) is 23.1. The molecule has 0 radical (unpaired) electrons. The number of piperazine rings is 1. The van der Waals surface area contributed by atoms with Gasteiger partial charge in [-0.2, -0.15) is 13.2 Å². The van der Waals surface area contributed by atoms with Crippen LogP contribution in [-0.2, 0) is 23.9 Å². The van der Waals surface area contributed by atoms with Crippen molar-refractivity contribution in [1.82, 2.24) is 29.4 Å². The van der Waals surface area contributed by atoms with Gasteiger partial charge >= 0.3 is 6.18 Å². The highest BCUT2D eigenvalue weighted by molar-refractivity contribution is 5.96. The van der Waals surface area contributed by atoms with Crippen molar-refractivity contribution in [1.29, 1.82) is 0 Å². The zero-order valence-corrected chi connectivity index (χ0v) is 27.7. The molecule has 0 spiro atoms. The number of hydrogen-bond acceptors (Lipinski definition) is 10. The second-order valence-electron chi connectivity index (χ2n) is 12.7. The number of aromatic hydroxyl groups is 1. The molecule has 13 nitrogen and oxygen atoms in total. The van der Waals surface area contributed by atoms with E-state index in [9.17, 15) is 32.7 Å². The summed E-state index contributed by atoms with van der Waals surface area (Å²) < 4.78 is 40.9. The van der Waals surface area contributed by atoms with Gasteiger partial charge in [0, 0.05) is 38.6 Å². The summed E-state index contributed by atoms with van der Waals surface area (Å²) in [5, 5.41) is 13.2. The van der Waals surface area contributed by atoms with Gasteiger partial charge in [0.15, 0.2) is 22.6 Å². The molecule has 2 amide bonds. The zero-order valence-electron chi connectivity index (χ0n) is 27.7. The minimum atomic E-state index is -4.51. The summed E-state index contributed by atoms with van der Waals surface area (Å²) in [7, 11) is 3.53. The van der Waals surface area contributed by atoms with Gasteiger partial charge in [-0.25, -0.2) is 19.9 Å². The number of fused-ring (bicyclic) bond motifs is 2. The molecule has 0 bridgehead atoms. The smallest absolute Gasteiger partial charge is 0.416 e. The van der Waals surface area contributed by atoms with Crippen molar-refractivity contribution in [2.45, 2.75) is 64.3 Å². The molecule has 0 unspecified atom stereocenters. The Balaban J connectivity index is 1.40. The molecular weight excluding hydrogens is 643 g/mol. The number of hydrogen-bond donors (Lipinski definition) is 2. The number of aryl methyl sites for hydroxylation is 1. The molecule has 2 N–H and O–H groups in total. The standard InChI is InChI=1S/C33H36F3N9O4/c1-6-21-27(43-13-14-45(32(3)12-11-22(32)43)31(49)26-28(47)18(2)38-17-39-26)29(48)25-30(37-15-23(41-25)42(4)5)44(21)16-24(46)40-20-9-7-19(8-10-20)33(34,35)36/h7-10,15,17,22,47H,6,11-14,16H2,1-5H3,(H,40,46)/t22-,32-/m0/s1. The molecule has 2 atom stereocenters. The van der Waals surface area contributed by atoms with E-state index in [2.05, 4.69) is 25.3 Å². The van der Waals surface area contributed by atoms with Gasteiger partial charge in [-0.15, -0.1) is 0 Å². The Bertz CT molecular complexity index is 2020. The predicted octanol–water partition coefficient (Wildman–Crippen LogP) is 3.76. The van der Waals surface area contributed by atoms with Gasteiger partial charge in [0.1, 0.15) is 24.4 Å². The number of amides is 2. The van der Waals surface area contributed by atoms with Gasteiger partial charge in [0.25, 0.3) is 5.91 Å². The van der Waals surface area contributed by atoms with E-state index in [1.807, 2.05) is 18.7 Å². The van der Waals surface area contributed by atoms with Crippen LogP contribution < -0.4 is 20.5 Å². The molecule has 4 aromatic rings. The lowest BCUT2D eigenvalue weighted by Crippen LogP contribution is -2.74. The van der Waals surface area contributed by atoms with Gasteiger partial charge in [0.2, 0.25) is 11.3 Å². The largest absolute Gasteiger partial charge is 0.504 e. The van der Waals surface area contributed by atoms with Gasteiger partial charge in [-0.3, -0.25) is 14.4 Å². The molecule has 6 rings (SSSR count). The fourth-order valence-electron chi connectivity index (χ4n) is 6.82. The fourth-order valence-corrected chi connectivity index (χ4v) is 6.82. The Hall–Kier alpha value is -5.28. The van der Waals surface area contributed by atoms with Crippen molar-refractivity contribution in [3.63, 3.8) is 0 Å². The average molecular weight is 680 g/mol. The Morgan fingerprint density at radius 3 is 2.45 bits per heavy atom. The molecule has 2 aliphatic rings. The van der Waals surface area contributed by atoms with Crippen LogP contribution in [0, 0.1) is 6.92 Å². The van der Waals surface area contributed by atoms with Gasteiger partial charge in [-0.1, -0.05) is 6.92 Å². The van der Waals surface area contributed by atoms with Crippen molar-refractivity contribution in [2.24, 2.45) is 0 Å². The average Bonchev–Trinajstić information content (AvgIpc) is 3.05. The first-order valence-corrected chi connectivity index (χ1v) is 15.8. The van der Waals surface area contributed by atoms with E-state index in [0.717, 1.165) is 12.1 Å². The van der Waals surface area contributed by atoms with E-state index in [1.165, 1.54) is 24.7 Å². The maximum Gasteiger partial charge on any atom is 0.416 e. The number of nitrogens with one attached hydrogen (secondary N) is 1. The van der Waals surface area contributed by atoms with E-state index in [-0.39, 0.29) is 65.1 Å². The fraction of sp³-hybridized carbons (Fsp3) is 0.424. The van der Waals surface area contributed by atoms with Gasteiger partial charge < -0.3 is 29.7 Å². The van der Waals surface area contributed by atoms with Gasteiger partial charge in [0.05, 0.1) is 29.0 Å². The molecule has 2 fully saturated rings. The number of aromatic nitrogens is 5. The van der Waals surface area contributed by atoms with Crippen LogP contribution >= 0.6 is 0 Å². The maximum absolute atomic E-state index is 14.4. The highest BCUT2D eigenvalue weighted by Gasteiger charge is 2.55. The lowest BCUT2D eigenvalue weighted by atomic mass is 9.69. The van der Waals surface area contributed by atoms with Crippen molar-refractivity contribution >= 4 is 40.2 Å². The van der Waals surface area contributed by atoms with Crippen LogP contribution in [0.25, 0.3) is 11.2 Å². The molecule has 1 saturated carbocycles. The Morgan fingerprint density at radius 2 is 1.84 bits per heavy atom. The third-order valence-electron chi connectivity index (χ3n) is 9.56. The van der Waals surface area contributed by atoms with E-state index < -0.39 is 29.1 Å². The number of pyridine rings is 1. The molecule has 16 heteroatoms. The van der Waals surface area contributed by atoms with Crippen LogP contribution in [0.3, 0.4) is 0 Å². The topological polar surface area (TPSA) is 150 Å². The van der Waals surface area contributed by atoms with Gasteiger partial charge in [-0.05, 0) is 57.4 Å². The third-order valence-corrected chi connectivity index (χ3v) is 9.56. The molecule has 1 saturated heterocycles. The molecule has 1 aromatic carbocycles. The number of carbonyl (C=O) groups excluding carboxylic acids is 2. The highest BCUT2D eigenvalue weighted by atomic mass is 19.4. The second-order valence-corrected chi connectivity index (χ2v) is 12.7. The highest BCUT2D eigenvalue weighted by Crippen LogP contribution is 2.46.